The first-order chi connectivity index (χ1) is 13.0. The van der Waals surface area contributed by atoms with Crippen molar-refractivity contribution in [1.29, 1.82) is 0 Å². The molecule has 2 heterocycles. The second-order valence-corrected chi connectivity index (χ2v) is 5.87. The van der Waals surface area contributed by atoms with Crippen LogP contribution in [0.3, 0.4) is 0 Å². The van der Waals surface area contributed by atoms with Crippen LogP contribution >= 0.6 is 0 Å². The van der Waals surface area contributed by atoms with Crippen molar-refractivity contribution in [3.05, 3.63) is 60.2 Å². The van der Waals surface area contributed by atoms with Crippen molar-refractivity contribution in [1.82, 2.24) is 19.6 Å². The predicted octanol–water partition coefficient (Wildman–Crippen LogP) is 1.86. The number of nitrogens with zero attached hydrogens (tertiary/aromatic N) is 4. The Morgan fingerprint density at radius 3 is 2.78 bits per heavy atom. The molecule has 2 aromatic heterocycles. The Kier molecular flexibility index (Phi) is 5.50. The predicted molar refractivity (Wildman–Crippen MR) is 96.8 cm³/mol. The van der Waals surface area contributed by atoms with Crippen LogP contribution < -0.4 is 10.1 Å². The average Bonchev–Trinajstić information content (AvgIpc) is 3.29. The number of amides is 1. The van der Waals surface area contributed by atoms with Crippen LogP contribution in [-0.4, -0.2) is 43.7 Å². The number of anilines is 1. The summed E-state index contributed by atoms with van der Waals surface area (Å²) in [6.45, 7) is 0.751. The number of aryl methyl sites for hydroxylation is 1. The van der Waals surface area contributed by atoms with Gasteiger partial charge in [-0.3, -0.25) is 19.0 Å². The summed E-state index contributed by atoms with van der Waals surface area (Å²) in [5.41, 5.74) is 1.93. The fourth-order valence-electron chi connectivity index (χ4n) is 2.49. The highest BCUT2D eigenvalue weighted by Crippen LogP contribution is 2.15. The number of carbonyl (C=O) groups excluding carboxylic acids is 1. The van der Waals surface area contributed by atoms with Gasteiger partial charge in [-0.15, -0.1) is 0 Å². The number of nitrogens with one attached hydrogen (secondary N) is 1. The molecule has 0 unspecified atom stereocenters. The number of rotatable bonds is 8. The topological polar surface area (TPSA) is 111 Å². The Labute approximate surface area is 155 Å². The van der Waals surface area contributed by atoms with E-state index in [1.807, 2.05) is 24.3 Å². The lowest BCUT2D eigenvalue weighted by Gasteiger charge is -2.04. The van der Waals surface area contributed by atoms with Crippen molar-refractivity contribution >= 4 is 17.6 Å². The smallest absolute Gasteiger partial charge is 0.305 e. The van der Waals surface area contributed by atoms with Crippen molar-refractivity contribution in [2.75, 3.05) is 12.4 Å². The molecule has 0 atom stereocenters. The Bertz CT molecular complexity index is 947. The summed E-state index contributed by atoms with van der Waals surface area (Å²) >= 11 is 0. The molecule has 1 aromatic carbocycles. The molecule has 140 valence electrons. The Morgan fingerprint density at radius 2 is 2.00 bits per heavy atom. The van der Waals surface area contributed by atoms with E-state index in [1.165, 1.54) is 17.1 Å². The monoisotopic (exact) mass is 369 g/mol. The van der Waals surface area contributed by atoms with Gasteiger partial charge in [-0.05, 0) is 17.7 Å². The van der Waals surface area contributed by atoms with E-state index >= 15 is 0 Å². The highest BCUT2D eigenvalue weighted by molar-refractivity contribution is 6.03. The van der Waals surface area contributed by atoms with Crippen molar-refractivity contribution in [2.45, 2.75) is 19.5 Å². The minimum Gasteiger partial charge on any atom is -0.497 e. The molecule has 0 saturated heterocycles. The van der Waals surface area contributed by atoms with Gasteiger partial charge in [0.05, 0.1) is 50.3 Å². The van der Waals surface area contributed by atoms with E-state index in [4.69, 9.17) is 9.84 Å². The first-order valence-electron chi connectivity index (χ1n) is 8.24. The molecule has 0 aliphatic heterocycles. The third-order valence-electron chi connectivity index (χ3n) is 3.82. The molecule has 9 heteroatoms. The molecular formula is C18H19N5O4. The van der Waals surface area contributed by atoms with Gasteiger partial charge in [-0.2, -0.15) is 10.2 Å². The van der Waals surface area contributed by atoms with Crippen LogP contribution in [0.5, 0.6) is 5.75 Å². The van der Waals surface area contributed by atoms with Crippen molar-refractivity contribution < 1.29 is 19.4 Å². The standard InChI is InChI=1S/C18H19N5O4/c1-27-16-4-2-3-13(7-16)10-23-12-15(9-20-23)21-18(26)14-8-19-22(11-14)6-5-17(24)25/h2-4,7-9,11-12H,5-6,10H2,1H3,(H,21,26)(H,24,25). The maximum Gasteiger partial charge on any atom is 0.305 e. The molecule has 1 amide bonds. The highest BCUT2D eigenvalue weighted by atomic mass is 16.5. The number of hydrogen-bond donors (Lipinski definition) is 2. The van der Waals surface area contributed by atoms with Crippen LogP contribution in [-0.2, 0) is 17.9 Å². The van der Waals surface area contributed by atoms with Gasteiger partial charge in [0.2, 0.25) is 0 Å². The molecule has 27 heavy (non-hydrogen) atoms. The fraction of sp³-hybridized carbons (Fsp3) is 0.222. The summed E-state index contributed by atoms with van der Waals surface area (Å²) in [4.78, 5) is 22.9. The second kappa shape index (κ2) is 8.17. The number of aromatic nitrogens is 4. The summed E-state index contributed by atoms with van der Waals surface area (Å²) in [6.07, 6.45) is 6.15. The lowest BCUT2D eigenvalue weighted by molar-refractivity contribution is -0.137. The second-order valence-electron chi connectivity index (χ2n) is 5.87. The Balaban J connectivity index is 1.60. The maximum atomic E-state index is 12.3. The number of ether oxygens (including phenoxy) is 1. The molecule has 0 spiro atoms. The molecule has 0 radical (unpaired) electrons. The fourth-order valence-corrected chi connectivity index (χ4v) is 2.49. The molecule has 0 aliphatic carbocycles. The quantitative estimate of drug-likeness (QED) is 0.627. The van der Waals surface area contributed by atoms with Gasteiger partial charge in [0, 0.05) is 12.4 Å². The number of carboxylic acid groups (broad SMARTS) is 1. The zero-order valence-electron chi connectivity index (χ0n) is 14.7. The van der Waals surface area contributed by atoms with E-state index in [0.717, 1.165) is 11.3 Å². The van der Waals surface area contributed by atoms with Crippen molar-refractivity contribution in [3.63, 3.8) is 0 Å². The Morgan fingerprint density at radius 1 is 1.19 bits per heavy atom. The van der Waals surface area contributed by atoms with Crippen LogP contribution in [0.25, 0.3) is 0 Å². The van der Waals surface area contributed by atoms with Gasteiger partial charge < -0.3 is 15.2 Å². The lowest BCUT2D eigenvalue weighted by Crippen LogP contribution is -2.11. The van der Waals surface area contributed by atoms with Gasteiger partial charge in [0.1, 0.15) is 5.75 Å². The van der Waals surface area contributed by atoms with Gasteiger partial charge in [0.25, 0.3) is 5.91 Å². The maximum absolute atomic E-state index is 12.3. The molecule has 0 aliphatic rings. The molecule has 0 fully saturated rings. The number of carboxylic acids is 1. The molecule has 9 nitrogen and oxygen atoms in total. The number of aliphatic carboxylic acids is 1. The van der Waals surface area contributed by atoms with E-state index in [9.17, 15) is 9.59 Å². The average molecular weight is 369 g/mol. The van der Waals surface area contributed by atoms with E-state index < -0.39 is 5.97 Å². The molecule has 0 bridgehead atoms. The largest absolute Gasteiger partial charge is 0.497 e. The van der Waals surface area contributed by atoms with Crippen LogP contribution in [0, 0.1) is 0 Å². The van der Waals surface area contributed by atoms with Gasteiger partial charge in [-0.25, -0.2) is 0 Å². The third kappa shape index (κ3) is 4.94. The van der Waals surface area contributed by atoms with E-state index in [0.29, 0.717) is 17.8 Å². The highest BCUT2D eigenvalue weighted by Gasteiger charge is 2.11. The molecular weight excluding hydrogens is 350 g/mol. The minimum atomic E-state index is -0.917. The summed E-state index contributed by atoms with van der Waals surface area (Å²) in [5, 5.41) is 19.7. The van der Waals surface area contributed by atoms with Gasteiger partial charge >= 0.3 is 5.97 Å². The lowest BCUT2D eigenvalue weighted by atomic mass is 10.2. The summed E-state index contributed by atoms with van der Waals surface area (Å²) in [5.74, 6) is -0.481. The number of benzene rings is 1. The van der Waals surface area contributed by atoms with Gasteiger partial charge in [0.15, 0.2) is 0 Å². The van der Waals surface area contributed by atoms with E-state index in [2.05, 4.69) is 15.5 Å². The summed E-state index contributed by atoms with van der Waals surface area (Å²) in [7, 11) is 1.62. The van der Waals surface area contributed by atoms with Crippen molar-refractivity contribution in [3.8, 4) is 5.75 Å². The first-order valence-corrected chi connectivity index (χ1v) is 8.24. The summed E-state index contributed by atoms with van der Waals surface area (Å²) < 4.78 is 8.34. The number of hydrogen-bond acceptors (Lipinski definition) is 5. The third-order valence-corrected chi connectivity index (χ3v) is 3.82. The zero-order valence-corrected chi connectivity index (χ0v) is 14.7. The van der Waals surface area contributed by atoms with Crippen molar-refractivity contribution in [2.24, 2.45) is 0 Å². The van der Waals surface area contributed by atoms with E-state index in [-0.39, 0.29) is 18.9 Å². The van der Waals surface area contributed by atoms with Crippen LogP contribution in [0.1, 0.15) is 22.3 Å². The minimum absolute atomic E-state index is 0.0558. The molecule has 0 saturated carbocycles. The number of methoxy groups -OCH3 is 1. The molecule has 3 rings (SSSR count). The van der Waals surface area contributed by atoms with Crippen LogP contribution in [0.15, 0.2) is 49.1 Å². The first kappa shape index (κ1) is 18.2. The summed E-state index contributed by atoms with van der Waals surface area (Å²) in [6, 6.07) is 7.66. The zero-order chi connectivity index (χ0) is 19.2. The van der Waals surface area contributed by atoms with Gasteiger partial charge in [-0.1, -0.05) is 12.1 Å². The molecule has 3 aromatic rings. The molecule has 2 N–H and O–H groups in total. The Hall–Kier alpha value is -3.62. The van der Waals surface area contributed by atoms with Crippen LogP contribution in [0.2, 0.25) is 0 Å². The number of carbonyl (C=O) groups is 2. The SMILES string of the molecule is COc1cccc(Cn2cc(NC(=O)c3cnn(CCC(=O)O)c3)cn2)c1. The van der Waals surface area contributed by atoms with Crippen LogP contribution in [0.4, 0.5) is 5.69 Å². The van der Waals surface area contributed by atoms with E-state index in [1.54, 1.807) is 24.2 Å². The normalized spacial score (nSPS) is 10.6.